The third kappa shape index (κ3) is 11.1. The molecular weight excluding hydrogens is 1220 g/mol. The normalized spacial score (nSPS) is 11.1. The van der Waals surface area contributed by atoms with Crippen LogP contribution >= 0.6 is 0 Å². The minimum Gasteiger partial charge on any atom is -0.304 e. The average molecular weight is 1250 g/mol. The molecule has 0 saturated heterocycles. The van der Waals surface area contributed by atoms with Gasteiger partial charge < -0.3 is 9.97 Å². The molecule has 0 amide bonds. The number of hydrogen-bond acceptors (Lipinski definition) is 4. The Hall–Kier alpha value is -9.55. The molecule has 81 heavy (non-hydrogen) atoms. The van der Waals surface area contributed by atoms with E-state index in [1.165, 1.54) is 73.1 Å². The summed E-state index contributed by atoms with van der Waals surface area (Å²) < 4.78 is 120. The first-order valence-corrected chi connectivity index (χ1v) is 24.9. The molecule has 0 N–H and O–H groups in total. The third-order valence-corrected chi connectivity index (χ3v) is 13.7. The molecule has 8 aromatic carbocycles. The maximum absolute atomic E-state index is 16.2. The van der Waals surface area contributed by atoms with Crippen LogP contribution in [-0.2, 0) is 20.1 Å². The van der Waals surface area contributed by atoms with Gasteiger partial charge in [-0.05, 0) is 150 Å². The number of aromatic nitrogens is 4. The van der Waals surface area contributed by atoms with E-state index in [2.05, 4.69) is 27.1 Å². The number of halogens is 8. The number of nitrogens with zero attached hydrogens (tertiary/aromatic N) is 4. The summed E-state index contributed by atoms with van der Waals surface area (Å²) in [6.07, 6.45) is 5.48. The van der Waals surface area contributed by atoms with Gasteiger partial charge in [-0.15, -0.1) is 42.0 Å². The topological polar surface area (TPSA) is 51.6 Å². The third-order valence-electron chi connectivity index (χ3n) is 13.7. The van der Waals surface area contributed by atoms with Crippen molar-refractivity contribution >= 4 is 0 Å². The Kier molecular flexibility index (Phi) is 15.0. The average Bonchev–Trinajstić information content (AvgIpc) is 3.56. The summed E-state index contributed by atoms with van der Waals surface area (Å²) in [4.78, 5) is 17.7. The van der Waals surface area contributed by atoms with E-state index in [1.54, 1.807) is 60.8 Å². The van der Waals surface area contributed by atoms with Crippen LogP contribution < -0.4 is 0 Å². The second-order valence-corrected chi connectivity index (χ2v) is 18.7. The summed E-state index contributed by atoms with van der Waals surface area (Å²) in [5.74, 6) is -5.69. The Balaban J connectivity index is 0.00000690. The largest absolute Gasteiger partial charge is 0.304 e. The van der Waals surface area contributed by atoms with Gasteiger partial charge in [0.05, 0.1) is 11.9 Å². The minimum atomic E-state index is -0.913. The van der Waals surface area contributed by atoms with Gasteiger partial charge in [-0.3, -0.25) is 18.2 Å². The molecule has 12 rings (SSSR count). The van der Waals surface area contributed by atoms with Crippen LogP contribution in [0.5, 0.6) is 0 Å². The smallest absolute Gasteiger partial charge is 0.153 e. The maximum atomic E-state index is 16.2. The van der Waals surface area contributed by atoms with Crippen LogP contribution in [-0.4, -0.2) is 19.9 Å². The van der Waals surface area contributed by atoms with Gasteiger partial charge in [-0.2, -0.15) is 0 Å². The first-order chi connectivity index (χ1) is 38.9. The first kappa shape index (κ1) is 53.5. The fraction of sp³-hybridized carbons (Fsp3) is 0. The van der Waals surface area contributed by atoms with Gasteiger partial charge >= 0.3 is 0 Å². The molecule has 12 aromatic rings. The second kappa shape index (κ2) is 22.7. The Morgan fingerprint density at radius 2 is 0.765 bits per heavy atom. The van der Waals surface area contributed by atoms with Gasteiger partial charge in [-0.1, -0.05) is 109 Å². The fourth-order valence-corrected chi connectivity index (χ4v) is 9.83. The van der Waals surface area contributed by atoms with Crippen molar-refractivity contribution in [1.82, 2.24) is 19.9 Å². The molecule has 395 valence electrons. The Labute approximate surface area is 473 Å². The van der Waals surface area contributed by atoms with E-state index in [0.717, 1.165) is 35.0 Å². The van der Waals surface area contributed by atoms with E-state index in [1.807, 2.05) is 60.7 Å². The summed E-state index contributed by atoms with van der Waals surface area (Å²) in [5.41, 5.74) is 9.85. The molecule has 4 nitrogen and oxygen atoms in total. The molecule has 1 radical (unpaired) electrons. The van der Waals surface area contributed by atoms with Crippen molar-refractivity contribution in [3.63, 3.8) is 0 Å². The molecule has 0 bridgehead atoms. The van der Waals surface area contributed by atoms with Crippen LogP contribution in [0.15, 0.2) is 219 Å². The van der Waals surface area contributed by atoms with Crippen molar-refractivity contribution in [3.05, 3.63) is 278 Å². The SMILES string of the molecule is Fc1c[c-]c(-c2cc(-c3ccc(-c4ccccc4)cc3)c(-c3ccc(F)cc3-c3cc(-c4cc(F)ccc4-c4ccc(-c5[c-]cc(F)cc5F)nc4)cc(-c4cc(F)ccc4-c4ccc(-c5ncc(F)cc5F)nc4)c3)cn2)cc1.[Ir]. The zero-order valence-electron chi connectivity index (χ0n) is 41.9. The zero-order valence-corrected chi connectivity index (χ0v) is 44.3. The Bertz CT molecular complexity index is 4150. The van der Waals surface area contributed by atoms with E-state index in [-0.39, 0.29) is 42.8 Å². The number of rotatable bonds is 11. The van der Waals surface area contributed by atoms with Crippen molar-refractivity contribution in [1.29, 1.82) is 0 Å². The summed E-state index contributed by atoms with van der Waals surface area (Å²) in [7, 11) is 0. The van der Waals surface area contributed by atoms with Gasteiger partial charge in [0.25, 0.3) is 0 Å². The fourth-order valence-electron chi connectivity index (χ4n) is 9.83. The molecule has 0 fully saturated rings. The summed E-state index contributed by atoms with van der Waals surface area (Å²) in [5, 5.41) is 0. The van der Waals surface area contributed by atoms with E-state index >= 15 is 13.2 Å². The summed E-state index contributed by atoms with van der Waals surface area (Å²) in [6.45, 7) is 0. The van der Waals surface area contributed by atoms with Crippen molar-refractivity contribution in [3.8, 4) is 123 Å². The second-order valence-electron chi connectivity index (χ2n) is 18.7. The molecular formula is C68H36F8IrN4-2. The number of hydrogen-bond donors (Lipinski definition) is 0. The molecule has 0 unspecified atom stereocenters. The standard InChI is InChI=1S/C68H36F8N4.Ir/c69-48-14-10-42(11-15-48)67-34-61(41-8-6-40(7-9-41)39-4-2-1-3-5-39)62(38-79-67)56-22-18-51(72)31-60(56)47-27-45(58-29-49(70)16-20-54(58)43-12-24-65(77-35-43)57-23-19-52(73)32-63(57)75)26-46(28-47)59-30-50(71)17-21-55(59)44-13-25-66(78-36-44)68-64(76)33-53(74)37-80-68;/h1-10,12-22,24-38H;/q-2;. The number of pyridine rings is 4. The van der Waals surface area contributed by atoms with Gasteiger partial charge in [0.2, 0.25) is 0 Å². The van der Waals surface area contributed by atoms with Crippen LogP contribution in [0.3, 0.4) is 0 Å². The molecule has 0 aliphatic rings. The predicted octanol–water partition coefficient (Wildman–Crippen LogP) is 18.3. The maximum Gasteiger partial charge on any atom is 0.153 e. The Morgan fingerprint density at radius 1 is 0.272 bits per heavy atom. The van der Waals surface area contributed by atoms with Gasteiger partial charge in [-0.25, -0.2) is 26.9 Å². The van der Waals surface area contributed by atoms with E-state index in [9.17, 15) is 22.0 Å². The zero-order chi connectivity index (χ0) is 55.0. The first-order valence-electron chi connectivity index (χ1n) is 24.9. The molecule has 0 spiro atoms. The van der Waals surface area contributed by atoms with Gasteiger partial charge in [0, 0.05) is 73.3 Å². The van der Waals surface area contributed by atoms with Crippen molar-refractivity contribution < 1.29 is 55.2 Å². The van der Waals surface area contributed by atoms with Crippen LogP contribution in [0.25, 0.3) is 123 Å². The van der Waals surface area contributed by atoms with Gasteiger partial charge in [0.15, 0.2) is 5.82 Å². The number of benzene rings is 8. The molecule has 4 aromatic heterocycles. The van der Waals surface area contributed by atoms with Crippen LogP contribution in [0.4, 0.5) is 35.1 Å². The monoisotopic (exact) mass is 1250 g/mol. The van der Waals surface area contributed by atoms with Crippen molar-refractivity contribution in [2.45, 2.75) is 0 Å². The van der Waals surface area contributed by atoms with E-state index in [4.69, 9.17) is 4.98 Å². The molecule has 0 atom stereocenters. The predicted molar refractivity (Wildman–Crippen MR) is 295 cm³/mol. The summed E-state index contributed by atoms with van der Waals surface area (Å²) in [6, 6.07) is 56.1. The summed E-state index contributed by atoms with van der Waals surface area (Å²) >= 11 is 0. The van der Waals surface area contributed by atoms with Crippen molar-refractivity contribution in [2.75, 3.05) is 0 Å². The van der Waals surface area contributed by atoms with Crippen LogP contribution in [0, 0.1) is 58.7 Å². The van der Waals surface area contributed by atoms with Gasteiger partial charge in [0.1, 0.15) is 29.0 Å². The molecule has 0 saturated carbocycles. The molecule has 0 aliphatic heterocycles. The van der Waals surface area contributed by atoms with E-state index < -0.39 is 46.5 Å². The molecule has 4 heterocycles. The quantitative estimate of drug-likeness (QED) is 0.0957. The Morgan fingerprint density at radius 3 is 1.32 bits per heavy atom. The van der Waals surface area contributed by atoms with Crippen LogP contribution in [0.1, 0.15) is 0 Å². The van der Waals surface area contributed by atoms with Crippen LogP contribution in [0.2, 0.25) is 0 Å². The minimum absolute atomic E-state index is 0. The molecule has 13 heteroatoms. The van der Waals surface area contributed by atoms with E-state index in [0.29, 0.717) is 89.6 Å². The van der Waals surface area contributed by atoms with Crippen molar-refractivity contribution in [2.24, 2.45) is 0 Å². The molecule has 0 aliphatic carbocycles.